The molecule has 1 atom stereocenters. The van der Waals surface area contributed by atoms with Gasteiger partial charge in [-0.25, -0.2) is 4.39 Å². The van der Waals surface area contributed by atoms with Crippen LogP contribution in [0.5, 0.6) is 5.75 Å². The van der Waals surface area contributed by atoms with Crippen molar-refractivity contribution in [1.82, 2.24) is 10.2 Å². The van der Waals surface area contributed by atoms with Crippen molar-refractivity contribution in [2.24, 2.45) is 5.41 Å². The van der Waals surface area contributed by atoms with Gasteiger partial charge in [-0.1, -0.05) is 26.8 Å². The van der Waals surface area contributed by atoms with Crippen molar-refractivity contribution >= 4 is 0 Å². The van der Waals surface area contributed by atoms with Crippen molar-refractivity contribution in [3.8, 4) is 5.75 Å². The number of hydrogen-bond donors (Lipinski definition) is 1. The van der Waals surface area contributed by atoms with E-state index in [1.165, 1.54) is 6.07 Å². The van der Waals surface area contributed by atoms with Crippen LogP contribution in [0.4, 0.5) is 4.39 Å². The lowest BCUT2D eigenvalue weighted by Gasteiger charge is -2.43. The van der Waals surface area contributed by atoms with Crippen LogP contribution in [0.25, 0.3) is 0 Å². The molecule has 0 saturated carbocycles. The zero-order chi connectivity index (χ0) is 14.8. The first-order valence-electron chi connectivity index (χ1n) is 7.19. The molecule has 1 fully saturated rings. The molecule has 0 aromatic heterocycles. The van der Waals surface area contributed by atoms with Crippen molar-refractivity contribution in [1.29, 1.82) is 0 Å². The number of halogens is 1. The van der Waals surface area contributed by atoms with Gasteiger partial charge >= 0.3 is 0 Å². The molecule has 3 nitrogen and oxygen atoms in total. The molecule has 1 aromatic rings. The number of ether oxygens (including phenoxy) is 1. The molecule has 1 saturated heterocycles. The van der Waals surface area contributed by atoms with Crippen molar-refractivity contribution in [3.63, 3.8) is 0 Å². The third kappa shape index (κ3) is 3.49. The Morgan fingerprint density at radius 2 is 2.15 bits per heavy atom. The van der Waals surface area contributed by atoms with E-state index in [1.807, 2.05) is 12.1 Å². The molecule has 1 aromatic carbocycles. The SMILES string of the molecule is COc1ccc(CN2CCNCC2C(C)(C)C)c(F)c1. The number of nitrogens with one attached hydrogen (secondary N) is 1. The number of rotatable bonds is 3. The summed E-state index contributed by atoms with van der Waals surface area (Å²) >= 11 is 0. The van der Waals surface area contributed by atoms with Crippen molar-refractivity contribution in [3.05, 3.63) is 29.6 Å². The molecule has 2 rings (SSSR count). The van der Waals surface area contributed by atoms with Crippen LogP contribution in [-0.4, -0.2) is 37.7 Å². The van der Waals surface area contributed by atoms with Gasteiger partial charge in [-0.05, 0) is 11.5 Å². The van der Waals surface area contributed by atoms with Crippen LogP contribution in [0.3, 0.4) is 0 Å². The zero-order valence-corrected chi connectivity index (χ0v) is 12.9. The van der Waals surface area contributed by atoms with Crippen LogP contribution in [0, 0.1) is 11.2 Å². The Labute approximate surface area is 121 Å². The van der Waals surface area contributed by atoms with Gasteiger partial charge in [0.15, 0.2) is 0 Å². The summed E-state index contributed by atoms with van der Waals surface area (Å²) in [5.41, 5.74) is 0.915. The van der Waals surface area contributed by atoms with E-state index in [1.54, 1.807) is 7.11 Å². The van der Waals surface area contributed by atoms with Crippen molar-refractivity contribution in [2.45, 2.75) is 33.4 Å². The Hall–Kier alpha value is -1.13. The average molecular weight is 280 g/mol. The van der Waals surface area contributed by atoms with E-state index in [0.717, 1.165) is 25.2 Å². The molecule has 0 spiro atoms. The normalized spacial score (nSPS) is 20.9. The Morgan fingerprint density at radius 1 is 1.40 bits per heavy atom. The highest BCUT2D eigenvalue weighted by molar-refractivity contribution is 5.29. The smallest absolute Gasteiger partial charge is 0.131 e. The van der Waals surface area contributed by atoms with Gasteiger partial charge in [0.25, 0.3) is 0 Å². The van der Waals surface area contributed by atoms with Crippen LogP contribution in [0.15, 0.2) is 18.2 Å². The maximum absolute atomic E-state index is 14.1. The summed E-state index contributed by atoms with van der Waals surface area (Å²) in [7, 11) is 1.56. The first-order valence-corrected chi connectivity index (χ1v) is 7.19. The summed E-state index contributed by atoms with van der Waals surface area (Å²) in [6.07, 6.45) is 0. The first kappa shape index (κ1) is 15.3. The highest BCUT2D eigenvalue weighted by Crippen LogP contribution is 2.27. The van der Waals surface area contributed by atoms with Gasteiger partial charge in [-0.2, -0.15) is 0 Å². The minimum atomic E-state index is -0.185. The van der Waals surface area contributed by atoms with Gasteiger partial charge < -0.3 is 10.1 Å². The minimum Gasteiger partial charge on any atom is -0.497 e. The lowest BCUT2D eigenvalue weighted by molar-refractivity contribution is 0.0679. The maximum atomic E-state index is 14.1. The second-order valence-corrected chi connectivity index (χ2v) is 6.51. The summed E-state index contributed by atoms with van der Waals surface area (Å²) in [6, 6.07) is 5.53. The number of piperazine rings is 1. The lowest BCUT2D eigenvalue weighted by Crippen LogP contribution is -2.56. The van der Waals surface area contributed by atoms with Crippen LogP contribution in [0.2, 0.25) is 0 Å². The van der Waals surface area contributed by atoms with E-state index >= 15 is 0 Å². The molecular formula is C16H25FN2O. The maximum Gasteiger partial charge on any atom is 0.131 e. The largest absolute Gasteiger partial charge is 0.497 e. The quantitative estimate of drug-likeness (QED) is 0.921. The molecule has 1 heterocycles. The molecule has 1 aliphatic heterocycles. The number of methoxy groups -OCH3 is 1. The summed E-state index contributed by atoms with van der Waals surface area (Å²) < 4.78 is 19.1. The number of hydrogen-bond acceptors (Lipinski definition) is 3. The second-order valence-electron chi connectivity index (χ2n) is 6.51. The monoisotopic (exact) mass is 280 g/mol. The van der Waals surface area contributed by atoms with E-state index in [4.69, 9.17) is 4.74 Å². The predicted octanol–water partition coefficient (Wildman–Crippen LogP) is 2.65. The summed E-state index contributed by atoms with van der Waals surface area (Å²) in [5, 5.41) is 3.43. The second kappa shape index (κ2) is 6.10. The summed E-state index contributed by atoms with van der Waals surface area (Å²) in [4.78, 5) is 2.38. The summed E-state index contributed by atoms with van der Waals surface area (Å²) in [6.45, 7) is 10.2. The molecule has 0 bridgehead atoms. The Bertz CT molecular complexity index is 456. The molecule has 20 heavy (non-hydrogen) atoms. The predicted molar refractivity (Wildman–Crippen MR) is 79.5 cm³/mol. The van der Waals surface area contributed by atoms with Crippen molar-refractivity contribution < 1.29 is 9.13 Å². The lowest BCUT2D eigenvalue weighted by atomic mass is 9.84. The molecule has 112 valence electrons. The highest BCUT2D eigenvalue weighted by Gasteiger charge is 2.32. The van der Waals surface area contributed by atoms with Gasteiger partial charge in [-0.15, -0.1) is 0 Å². The fourth-order valence-corrected chi connectivity index (χ4v) is 2.79. The highest BCUT2D eigenvalue weighted by atomic mass is 19.1. The zero-order valence-electron chi connectivity index (χ0n) is 12.9. The van der Waals surface area contributed by atoms with Gasteiger partial charge in [0.1, 0.15) is 11.6 Å². The molecular weight excluding hydrogens is 255 g/mol. The summed E-state index contributed by atoms with van der Waals surface area (Å²) in [5.74, 6) is 0.384. The van der Waals surface area contributed by atoms with Crippen LogP contribution < -0.4 is 10.1 Å². The third-order valence-corrected chi connectivity index (χ3v) is 3.99. The van der Waals surface area contributed by atoms with E-state index in [9.17, 15) is 4.39 Å². The van der Waals surface area contributed by atoms with Crippen molar-refractivity contribution in [2.75, 3.05) is 26.7 Å². The molecule has 1 N–H and O–H groups in total. The number of nitrogens with zero attached hydrogens (tertiary/aromatic N) is 1. The Balaban J connectivity index is 2.15. The standard InChI is InChI=1S/C16H25FN2O/c1-16(2,3)15-10-18-7-8-19(15)11-12-5-6-13(20-4)9-14(12)17/h5-6,9,15,18H,7-8,10-11H2,1-4H3. The average Bonchev–Trinajstić information content (AvgIpc) is 2.40. The Morgan fingerprint density at radius 3 is 2.75 bits per heavy atom. The van der Waals surface area contributed by atoms with Crippen LogP contribution >= 0.6 is 0 Å². The molecule has 1 aliphatic rings. The third-order valence-electron chi connectivity index (χ3n) is 3.99. The van der Waals surface area contributed by atoms with E-state index in [-0.39, 0.29) is 11.2 Å². The molecule has 0 amide bonds. The fourth-order valence-electron chi connectivity index (χ4n) is 2.79. The fraction of sp³-hybridized carbons (Fsp3) is 0.625. The van der Waals surface area contributed by atoms with Crippen LogP contribution in [-0.2, 0) is 6.54 Å². The van der Waals surface area contributed by atoms with E-state index in [0.29, 0.717) is 18.3 Å². The minimum absolute atomic E-state index is 0.177. The topological polar surface area (TPSA) is 24.5 Å². The van der Waals surface area contributed by atoms with Gasteiger partial charge in [-0.3, -0.25) is 4.90 Å². The molecule has 0 aliphatic carbocycles. The molecule has 1 unspecified atom stereocenters. The van der Waals surface area contributed by atoms with E-state index < -0.39 is 0 Å². The van der Waals surface area contributed by atoms with Gasteiger partial charge in [0, 0.05) is 43.9 Å². The first-order chi connectivity index (χ1) is 9.41. The van der Waals surface area contributed by atoms with Crippen LogP contribution in [0.1, 0.15) is 26.3 Å². The molecule has 4 heteroatoms. The van der Waals surface area contributed by atoms with Gasteiger partial charge in [0.2, 0.25) is 0 Å². The van der Waals surface area contributed by atoms with E-state index in [2.05, 4.69) is 31.0 Å². The molecule has 0 radical (unpaired) electrons. The van der Waals surface area contributed by atoms with Gasteiger partial charge in [0.05, 0.1) is 7.11 Å². The Kier molecular flexibility index (Phi) is 4.66. The number of benzene rings is 1.